The van der Waals surface area contributed by atoms with Crippen LogP contribution in [0, 0.1) is 0 Å². The second-order valence-corrected chi connectivity index (χ2v) is 10.0. The van der Waals surface area contributed by atoms with Gasteiger partial charge in [0, 0.05) is 6.42 Å². The molecule has 0 aromatic heterocycles. The highest BCUT2D eigenvalue weighted by Crippen LogP contribution is 2.45. The molecule has 3 N–H and O–H groups in total. The fourth-order valence-electron chi connectivity index (χ4n) is 2.80. The van der Waals surface area contributed by atoms with Gasteiger partial charge in [-0.2, -0.15) is 0 Å². The van der Waals surface area contributed by atoms with E-state index in [0.29, 0.717) is 17.4 Å². The molecule has 0 aliphatic carbocycles. The number of rotatable bonds is 19. The zero-order chi connectivity index (χ0) is 22.3. The first kappa shape index (κ1) is 28.7. The van der Waals surface area contributed by atoms with Crippen LogP contribution in [0.5, 0.6) is 0 Å². The summed E-state index contributed by atoms with van der Waals surface area (Å²) in [6.07, 6.45) is 6.83. The lowest BCUT2D eigenvalue weighted by Gasteiger charge is -2.26. The van der Waals surface area contributed by atoms with Crippen LogP contribution in [0.4, 0.5) is 0 Å². The average Bonchev–Trinajstić information content (AvgIpc) is 2.62. The zero-order valence-electron chi connectivity index (χ0n) is 18.7. The Balaban J connectivity index is 4.34. The molecule has 0 bridgehead atoms. The van der Waals surface area contributed by atoms with E-state index in [2.05, 4.69) is 6.92 Å². The molecule has 0 fully saturated rings. The van der Waals surface area contributed by atoms with Crippen LogP contribution in [0.3, 0.4) is 0 Å². The first-order valence-electron chi connectivity index (χ1n) is 10.8. The molecule has 0 heterocycles. The Labute approximate surface area is 176 Å². The van der Waals surface area contributed by atoms with Gasteiger partial charge in [-0.3, -0.25) is 13.8 Å². The van der Waals surface area contributed by atoms with Gasteiger partial charge in [-0.05, 0) is 6.42 Å². The highest BCUT2D eigenvalue weighted by Gasteiger charge is 2.35. The summed E-state index contributed by atoms with van der Waals surface area (Å²) >= 11 is 0. The standard InChI is InChI=1S/C20H42NO7P/c1-5-6-7-8-9-10-11-12-13-14-18(23)20(19(24)17-22)28-29(25,26)27-16-15-21(2,3)4/h19-20,22,24H,5-17H2,1-4H3/p+1/t19-,20?/m0/s1. The third kappa shape index (κ3) is 16.1. The predicted molar refractivity (Wildman–Crippen MR) is 113 cm³/mol. The normalized spacial score (nSPS) is 16.4. The Hall–Kier alpha value is -0.340. The van der Waals surface area contributed by atoms with Crippen molar-refractivity contribution in [2.75, 3.05) is 40.9 Å². The number of ketones is 1. The molecule has 9 heteroatoms. The fourth-order valence-corrected chi connectivity index (χ4v) is 3.71. The predicted octanol–water partition coefficient (Wildman–Crippen LogP) is 3.04. The minimum absolute atomic E-state index is 0.0360. The molecule has 0 aromatic rings. The topological polar surface area (TPSA) is 113 Å². The molecule has 3 atom stereocenters. The van der Waals surface area contributed by atoms with Gasteiger partial charge in [0.1, 0.15) is 19.3 Å². The Morgan fingerprint density at radius 1 is 1.00 bits per heavy atom. The molecule has 0 saturated heterocycles. The van der Waals surface area contributed by atoms with E-state index < -0.39 is 32.4 Å². The number of carbonyl (C=O) groups excluding carboxylic acids is 1. The van der Waals surface area contributed by atoms with Gasteiger partial charge in [0.15, 0.2) is 11.9 Å². The molecule has 8 nitrogen and oxygen atoms in total. The third-order valence-electron chi connectivity index (χ3n) is 4.64. The minimum Gasteiger partial charge on any atom is -0.394 e. The Morgan fingerprint density at radius 3 is 2.00 bits per heavy atom. The zero-order valence-corrected chi connectivity index (χ0v) is 19.6. The number of phosphoric ester groups is 1. The van der Waals surface area contributed by atoms with Crippen LogP contribution in [0.15, 0.2) is 0 Å². The lowest BCUT2D eigenvalue weighted by atomic mass is 10.0. The monoisotopic (exact) mass is 440 g/mol. The van der Waals surface area contributed by atoms with Crippen molar-refractivity contribution >= 4 is 13.6 Å². The second-order valence-electron chi connectivity index (χ2n) is 8.64. The van der Waals surface area contributed by atoms with Gasteiger partial charge in [-0.25, -0.2) is 4.57 Å². The summed E-state index contributed by atoms with van der Waals surface area (Å²) in [5, 5.41) is 19.0. The summed E-state index contributed by atoms with van der Waals surface area (Å²) in [6, 6.07) is 0. The molecule has 0 aliphatic rings. The summed E-state index contributed by atoms with van der Waals surface area (Å²) in [5.41, 5.74) is 0. The quantitative estimate of drug-likeness (QED) is 0.161. The van der Waals surface area contributed by atoms with E-state index >= 15 is 0 Å². The summed E-state index contributed by atoms with van der Waals surface area (Å²) in [4.78, 5) is 22.2. The number of phosphoric acid groups is 1. The number of quaternary nitrogens is 1. The maximum Gasteiger partial charge on any atom is 0.473 e. The van der Waals surface area contributed by atoms with E-state index in [4.69, 9.17) is 14.2 Å². The van der Waals surface area contributed by atoms with E-state index in [9.17, 15) is 19.4 Å². The van der Waals surface area contributed by atoms with Crippen molar-refractivity contribution in [1.82, 2.24) is 0 Å². The molecule has 0 radical (unpaired) electrons. The Morgan fingerprint density at radius 2 is 1.52 bits per heavy atom. The minimum atomic E-state index is -4.52. The summed E-state index contributed by atoms with van der Waals surface area (Å²) < 4.78 is 22.5. The molecule has 29 heavy (non-hydrogen) atoms. The molecule has 0 amide bonds. The van der Waals surface area contributed by atoms with E-state index in [-0.39, 0.29) is 13.0 Å². The number of nitrogens with zero attached hydrogens (tertiary/aromatic N) is 1. The summed E-state index contributed by atoms with van der Waals surface area (Å²) in [7, 11) is 1.19. The molecule has 0 aliphatic heterocycles. The van der Waals surface area contributed by atoms with Crippen molar-refractivity contribution in [1.29, 1.82) is 0 Å². The number of hydrogen-bond acceptors (Lipinski definition) is 6. The fraction of sp³-hybridized carbons (Fsp3) is 0.950. The van der Waals surface area contributed by atoms with E-state index in [0.717, 1.165) is 19.3 Å². The number of likely N-dealkylation sites (N-methyl/N-ethyl adjacent to an activating group) is 1. The van der Waals surface area contributed by atoms with E-state index in [1.165, 1.54) is 32.1 Å². The van der Waals surface area contributed by atoms with Crippen LogP contribution < -0.4 is 0 Å². The number of carbonyl (C=O) groups is 1. The smallest absolute Gasteiger partial charge is 0.394 e. The SMILES string of the molecule is CCCCCCCCCCCC(=O)C(OP(=O)(O)OCC[N+](C)(C)C)[C@@H](O)CO. The third-order valence-corrected chi connectivity index (χ3v) is 5.65. The van der Waals surface area contributed by atoms with Crippen molar-refractivity contribution in [3.8, 4) is 0 Å². The van der Waals surface area contributed by atoms with Gasteiger partial charge >= 0.3 is 7.82 Å². The molecule has 0 aromatic carbocycles. The van der Waals surface area contributed by atoms with Gasteiger partial charge in [0.05, 0.1) is 27.7 Å². The lowest BCUT2D eigenvalue weighted by molar-refractivity contribution is -0.870. The number of hydrogen-bond donors (Lipinski definition) is 3. The molecular formula is C20H43NO7P+. The van der Waals surface area contributed by atoms with Crippen molar-refractivity contribution in [2.24, 2.45) is 0 Å². The molecule has 2 unspecified atom stereocenters. The van der Waals surface area contributed by atoms with Crippen LogP contribution in [-0.2, 0) is 18.4 Å². The van der Waals surface area contributed by atoms with Crippen molar-refractivity contribution < 1.29 is 38.0 Å². The van der Waals surface area contributed by atoms with Crippen LogP contribution in [-0.4, -0.2) is 78.5 Å². The maximum absolute atomic E-state index is 12.4. The van der Waals surface area contributed by atoms with Crippen LogP contribution >= 0.6 is 7.82 Å². The summed E-state index contributed by atoms with van der Waals surface area (Å²) in [5.74, 6) is -0.501. The van der Waals surface area contributed by atoms with Crippen LogP contribution in [0.25, 0.3) is 0 Å². The van der Waals surface area contributed by atoms with Crippen molar-refractivity contribution in [3.63, 3.8) is 0 Å². The first-order valence-corrected chi connectivity index (χ1v) is 12.3. The lowest BCUT2D eigenvalue weighted by Crippen LogP contribution is -2.39. The highest BCUT2D eigenvalue weighted by molar-refractivity contribution is 7.47. The highest BCUT2D eigenvalue weighted by atomic mass is 31.2. The molecular weight excluding hydrogens is 397 g/mol. The number of aliphatic hydroxyl groups is 2. The summed E-state index contributed by atoms with van der Waals surface area (Å²) in [6.45, 7) is 1.88. The van der Waals surface area contributed by atoms with Crippen molar-refractivity contribution in [3.05, 3.63) is 0 Å². The molecule has 0 spiro atoms. The van der Waals surface area contributed by atoms with Gasteiger partial charge in [0.2, 0.25) is 0 Å². The molecule has 0 rings (SSSR count). The largest absolute Gasteiger partial charge is 0.473 e. The van der Waals surface area contributed by atoms with Crippen LogP contribution in [0.2, 0.25) is 0 Å². The van der Waals surface area contributed by atoms with Gasteiger partial charge in [-0.1, -0.05) is 58.3 Å². The number of Topliss-reactive ketones (excluding diaryl/α,β-unsaturated/α-hetero) is 1. The van der Waals surface area contributed by atoms with E-state index in [1.807, 2.05) is 21.1 Å². The van der Waals surface area contributed by atoms with E-state index in [1.54, 1.807) is 0 Å². The molecule has 0 saturated carbocycles. The Kier molecular flexibility index (Phi) is 15.3. The number of unbranched alkanes of at least 4 members (excludes halogenated alkanes) is 8. The average molecular weight is 441 g/mol. The maximum atomic E-state index is 12.4. The Bertz CT molecular complexity index is 482. The molecule has 174 valence electrons. The van der Waals surface area contributed by atoms with Gasteiger partial charge in [0.25, 0.3) is 0 Å². The second kappa shape index (κ2) is 15.5. The first-order chi connectivity index (χ1) is 13.5. The van der Waals surface area contributed by atoms with Gasteiger partial charge in [-0.15, -0.1) is 0 Å². The van der Waals surface area contributed by atoms with Crippen LogP contribution in [0.1, 0.15) is 71.1 Å². The van der Waals surface area contributed by atoms with Gasteiger partial charge < -0.3 is 19.6 Å². The van der Waals surface area contributed by atoms with Crippen molar-refractivity contribution in [2.45, 2.75) is 83.3 Å². The number of aliphatic hydroxyl groups excluding tert-OH is 2.